The number of allylic oxidation sites excluding steroid dienone is 2. The first-order chi connectivity index (χ1) is 32.5. The highest BCUT2D eigenvalue weighted by atomic mass is 16.6. The van der Waals surface area contributed by atoms with Gasteiger partial charge in [0.25, 0.3) is 0 Å². The highest BCUT2D eigenvalue weighted by molar-refractivity contribution is 5.71. The molecule has 1 atom stereocenters. The van der Waals surface area contributed by atoms with Crippen LogP contribution < -0.4 is 0 Å². The van der Waals surface area contributed by atoms with E-state index in [4.69, 9.17) is 14.2 Å². The molecule has 0 aliphatic carbocycles. The van der Waals surface area contributed by atoms with Crippen LogP contribution in [0.2, 0.25) is 0 Å². The van der Waals surface area contributed by atoms with Crippen LogP contribution in [-0.4, -0.2) is 37.2 Å². The van der Waals surface area contributed by atoms with E-state index >= 15 is 0 Å². The van der Waals surface area contributed by atoms with Gasteiger partial charge >= 0.3 is 17.9 Å². The van der Waals surface area contributed by atoms with E-state index in [0.717, 1.165) is 64.2 Å². The van der Waals surface area contributed by atoms with Crippen LogP contribution in [0.1, 0.15) is 335 Å². The number of hydrogen-bond acceptors (Lipinski definition) is 6. The largest absolute Gasteiger partial charge is 0.462 e. The maximum atomic E-state index is 12.8. The summed E-state index contributed by atoms with van der Waals surface area (Å²) >= 11 is 0. The number of ether oxygens (including phenoxy) is 3. The molecule has 0 radical (unpaired) electrons. The molecule has 0 amide bonds. The Labute approximate surface area is 411 Å². The lowest BCUT2D eigenvalue weighted by Crippen LogP contribution is -2.30. The molecule has 0 aromatic heterocycles. The molecular formula is C60H114O6. The van der Waals surface area contributed by atoms with Crippen molar-refractivity contribution in [1.82, 2.24) is 0 Å². The summed E-state index contributed by atoms with van der Waals surface area (Å²) in [4.78, 5) is 38.2. The van der Waals surface area contributed by atoms with E-state index in [1.807, 2.05) is 0 Å². The second kappa shape index (κ2) is 55.7. The lowest BCUT2D eigenvalue weighted by molar-refractivity contribution is -0.167. The summed E-state index contributed by atoms with van der Waals surface area (Å²) in [6, 6.07) is 0. The Morgan fingerprint density at radius 1 is 0.288 bits per heavy atom. The summed E-state index contributed by atoms with van der Waals surface area (Å²) in [5, 5.41) is 0. The number of carbonyl (C=O) groups is 3. The lowest BCUT2D eigenvalue weighted by Gasteiger charge is -2.18. The molecule has 0 spiro atoms. The summed E-state index contributed by atoms with van der Waals surface area (Å²) < 4.78 is 16.9. The number of carbonyl (C=O) groups excluding carboxylic acids is 3. The Balaban J connectivity index is 4.29. The van der Waals surface area contributed by atoms with Crippen LogP contribution in [0, 0.1) is 0 Å². The van der Waals surface area contributed by atoms with Crippen LogP contribution >= 0.6 is 0 Å². The van der Waals surface area contributed by atoms with Crippen molar-refractivity contribution in [3.63, 3.8) is 0 Å². The highest BCUT2D eigenvalue weighted by Gasteiger charge is 2.19. The minimum atomic E-state index is -0.769. The second-order valence-corrected chi connectivity index (χ2v) is 20.3. The van der Waals surface area contributed by atoms with Crippen LogP contribution in [0.25, 0.3) is 0 Å². The van der Waals surface area contributed by atoms with Gasteiger partial charge in [0.2, 0.25) is 0 Å². The van der Waals surface area contributed by atoms with Crippen LogP contribution in [0.5, 0.6) is 0 Å². The summed E-state index contributed by atoms with van der Waals surface area (Å²) in [6.07, 6.45) is 63.5. The molecule has 0 bridgehead atoms. The van der Waals surface area contributed by atoms with Gasteiger partial charge in [0.15, 0.2) is 6.10 Å². The molecule has 6 heteroatoms. The third-order valence-corrected chi connectivity index (χ3v) is 13.5. The minimum absolute atomic E-state index is 0.0673. The second-order valence-electron chi connectivity index (χ2n) is 20.3. The first kappa shape index (κ1) is 64.2. The normalized spacial score (nSPS) is 12.0. The molecule has 0 unspecified atom stereocenters. The predicted molar refractivity (Wildman–Crippen MR) is 284 cm³/mol. The Morgan fingerprint density at radius 2 is 0.500 bits per heavy atom. The van der Waals surface area contributed by atoms with Crippen LogP contribution in [-0.2, 0) is 28.6 Å². The zero-order chi connectivity index (χ0) is 47.9. The average molecular weight is 932 g/mol. The first-order valence-electron chi connectivity index (χ1n) is 29.7. The van der Waals surface area contributed by atoms with Crippen LogP contribution in [0.15, 0.2) is 12.2 Å². The average Bonchev–Trinajstić information content (AvgIpc) is 3.31. The molecule has 0 N–H and O–H groups in total. The van der Waals surface area contributed by atoms with E-state index in [2.05, 4.69) is 32.9 Å². The summed E-state index contributed by atoms with van der Waals surface area (Å²) in [6.45, 7) is 6.69. The standard InChI is InChI=1S/C60H114O6/c1-4-7-10-13-16-19-22-25-28-29-30-31-33-35-38-41-44-47-50-53-59(62)65-56-57(55-64-58(61)52-49-46-43-40-37-34-27-24-21-18-15-12-9-6-3)66-60(63)54-51-48-45-42-39-36-32-26-23-20-17-14-11-8-5-2/h26,32,57H,4-25,27-31,33-56H2,1-3H3/b32-26-/t57-/m1/s1. The zero-order valence-electron chi connectivity index (χ0n) is 44.7. The summed E-state index contributed by atoms with van der Waals surface area (Å²) in [5.74, 6) is -0.850. The molecule has 0 rings (SSSR count). The van der Waals surface area contributed by atoms with E-state index in [1.54, 1.807) is 0 Å². The predicted octanol–water partition coefficient (Wildman–Crippen LogP) is 19.7. The maximum Gasteiger partial charge on any atom is 0.306 e. The fraction of sp³-hybridized carbons (Fsp3) is 0.917. The number of hydrogen-bond donors (Lipinski definition) is 0. The maximum absolute atomic E-state index is 12.8. The fourth-order valence-electron chi connectivity index (χ4n) is 9.03. The van der Waals surface area contributed by atoms with Gasteiger partial charge < -0.3 is 14.2 Å². The van der Waals surface area contributed by atoms with Crippen molar-refractivity contribution in [3.8, 4) is 0 Å². The van der Waals surface area contributed by atoms with Crippen molar-refractivity contribution < 1.29 is 28.6 Å². The van der Waals surface area contributed by atoms with Crippen molar-refractivity contribution >= 4 is 17.9 Å². The highest BCUT2D eigenvalue weighted by Crippen LogP contribution is 2.17. The zero-order valence-corrected chi connectivity index (χ0v) is 44.7. The van der Waals surface area contributed by atoms with Crippen LogP contribution in [0.3, 0.4) is 0 Å². The van der Waals surface area contributed by atoms with Gasteiger partial charge in [0, 0.05) is 19.3 Å². The molecule has 0 fully saturated rings. The van der Waals surface area contributed by atoms with E-state index in [9.17, 15) is 14.4 Å². The SMILES string of the molecule is CCCCCCCC/C=C\CCCCCCCC(=O)O[C@H](COC(=O)CCCCCCCCCCCCCCCC)COC(=O)CCCCCCCCCCCCCCCCCCCCC. The number of esters is 3. The Morgan fingerprint density at radius 3 is 0.758 bits per heavy atom. The van der Waals surface area contributed by atoms with Crippen molar-refractivity contribution in [3.05, 3.63) is 12.2 Å². The van der Waals surface area contributed by atoms with Crippen molar-refractivity contribution in [2.75, 3.05) is 13.2 Å². The Bertz CT molecular complexity index is 1020. The van der Waals surface area contributed by atoms with Crippen LogP contribution in [0.4, 0.5) is 0 Å². The lowest BCUT2D eigenvalue weighted by atomic mass is 10.0. The van der Waals surface area contributed by atoms with E-state index in [1.165, 1.54) is 231 Å². The van der Waals surface area contributed by atoms with E-state index in [0.29, 0.717) is 19.3 Å². The minimum Gasteiger partial charge on any atom is -0.462 e. The van der Waals surface area contributed by atoms with Crippen molar-refractivity contribution in [1.29, 1.82) is 0 Å². The smallest absolute Gasteiger partial charge is 0.306 e. The molecule has 0 aliphatic rings. The molecular weight excluding hydrogens is 817 g/mol. The topological polar surface area (TPSA) is 78.9 Å². The molecule has 0 aliphatic heterocycles. The van der Waals surface area contributed by atoms with Gasteiger partial charge in [-0.25, -0.2) is 0 Å². The molecule has 0 saturated carbocycles. The quantitative estimate of drug-likeness (QED) is 0.0262. The van der Waals surface area contributed by atoms with E-state index < -0.39 is 6.10 Å². The molecule has 0 aromatic rings. The van der Waals surface area contributed by atoms with Gasteiger partial charge in [0.1, 0.15) is 13.2 Å². The Kier molecular flexibility index (Phi) is 54.2. The third kappa shape index (κ3) is 53.1. The summed E-state index contributed by atoms with van der Waals surface area (Å²) in [7, 11) is 0. The fourth-order valence-corrected chi connectivity index (χ4v) is 9.03. The number of unbranched alkanes of at least 4 members (excludes halogenated alkanes) is 42. The van der Waals surface area contributed by atoms with E-state index in [-0.39, 0.29) is 31.1 Å². The third-order valence-electron chi connectivity index (χ3n) is 13.5. The number of rotatable bonds is 55. The monoisotopic (exact) mass is 931 g/mol. The van der Waals surface area contributed by atoms with Gasteiger partial charge in [0.05, 0.1) is 0 Å². The van der Waals surface area contributed by atoms with Gasteiger partial charge in [-0.15, -0.1) is 0 Å². The summed E-state index contributed by atoms with van der Waals surface area (Å²) in [5.41, 5.74) is 0. The van der Waals surface area contributed by atoms with Gasteiger partial charge in [-0.1, -0.05) is 283 Å². The van der Waals surface area contributed by atoms with Crippen molar-refractivity contribution in [2.45, 2.75) is 341 Å². The van der Waals surface area contributed by atoms with Gasteiger partial charge in [-0.2, -0.15) is 0 Å². The van der Waals surface area contributed by atoms with Gasteiger partial charge in [-0.05, 0) is 44.9 Å². The molecule has 6 nitrogen and oxygen atoms in total. The van der Waals surface area contributed by atoms with Crippen molar-refractivity contribution in [2.24, 2.45) is 0 Å². The molecule has 0 heterocycles. The Hall–Kier alpha value is -1.85. The molecule has 0 saturated heterocycles. The molecule has 66 heavy (non-hydrogen) atoms. The molecule has 390 valence electrons. The molecule has 0 aromatic carbocycles. The van der Waals surface area contributed by atoms with Gasteiger partial charge in [-0.3, -0.25) is 14.4 Å². The first-order valence-corrected chi connectivity index (χ1v) is 29.7.